The summed E-state index contributed by atoms with van der Waals surface area (Å²) in [7, 11) is 0. The molecule has 50 heavy (non-hydrogen) atoms. The third-order valence-corrected chi connectivity index (χ3v) is 8.49. The lowest BCUT2D eigenvalue weighted by atomic mass is 9.94. The molecule has 2 rings (SSSR count). The summed E-state index contributed by atoms with van der Waals surface area (Å²) in [6.07, 6.45) is 11.4. The number of unbranched alkanes of at least 4 members (excludes halogenated alkanes) is 6. The maximum Gasteiger partial charge on any atom is 0.419 e. The Balaban J connectivity index is 1.88. The molecule has 0 saturated carbocycles. The van der Waals surface area contributed by atoms with Crippen molar-refractivity contribution in [2.75, 3.05) is 13.1 Å². The van der Waals surface area contributed by atoms with E-state index in [9.17, 15) is 9.59 Å². The third kappa shape index (κ3) is 17.1. The second kappa shape index (κ2) is 21.1. The zero-order valence-electron chi connectivity index (χ0n) is 33.2. The molecule has 0 unspecified atom stereocenters. The second-order valence-electron chi connectivity index (χ2n) is 16.1. The smallest absolute Gasteiger partial charge is 0.419 e. The number of allylic oxidation sites excluding steroid dienone is 1. The number of benzene rings is 2. The molecule has 2 aromatic carbocycles. The third-order valence-electron chi connectivity index (χ3n) is 8.49. The quantitative estimate of drug-likeness (QED) is 0.137. The summed E-state index contributed by atoms with van der Waals surface area (Å²) < 4.78 is 17.3. The summed E-state index contributed by atoms with van der Waals surface area (Å²) in [5, 5.41) is 0. The summed E-state index contributed by atoms with van der Waals surface area (Å²) in [5.41, 5.74) is 2.28. The number of ether oxygens (including phenoxy) is 3. The van der Waals surface area contributed by atoms with Crippen LogP contribution in [0.15, 0.2) is 54.6 Å². The van der Waals surface area contributed by atoms with Crippen molar-refractivity contribution in [3.05, 3.63) is 71.3 Å². The van der Waals surface area contributed by atoms with E-state index < -0.39 is 23.4 Å². The standard InChI is InChI=1S/C43H68N2O5/c1-33(2)44(34(3)4)30-28-35(5)38-31-36(26-27-39(38)48-32-37-24-20-18-21-25-37)23-19-16-14-12-13-15-17-22-29-45(40(46)49-42(6,7)8)41(47)50-43(9,10)11/h18-21,23-27,31,33-35H,12-17,22,28-30,32H2,1-11H3/b23-19+/t35-/m0/s1. The molecule has 0 spiro atoms. The van der Waals surface area contributed by atoms with Crippen LogP contribution in [-0.4, -0.2) is 58.4 Å². The highest BCUT2D eigenvalue weighted by atomic mass is 16.6. The molecule has 0 heterocycles. The molecule has 2 aromatic rings. The van der Waals surface area contributed by atoms with Crippen LogP contribution < -0.4 is 4.74 Å². The fourth-order valence-electron chi connectivity index (χ4n) is 5.88. The lowest BCUT2D eigenvalue weighted by Gasteiger charge is -2.31. The van der Waals surface area contributed by atoms with Crippen LogP contribution in [-0.2, 0) is 16.1 Å². The summed E-state index contributed by atoms with van der Waals surface area (Å²) in [6.45, 7) is 24.1. The Morgan fingerprint density at radius 3 is 1.84 bits per heavy atom. The Hall–Kier alpha value is -3.32. The Labute approximate surface area is 304 Å². The fourth-order valence-corrected chi connectivity index (χ4v) is 5.88. The predicted molar refractivity (Wildman–Crippen MR) is 208 cm³/mol. The molecule has 7 nitrogen and oxygen atoms in total. The number of carbonyl (C=O) groups is 2. The van der Waals surface area contributed by atoms with Crippen molar-refractivity contribution in [1.82, 2.24) is 9.80 Å². The minimum atomic E-state index is -0.685. The molecular weight excluding hydrogens is 624 g/mol. The van der Waals surface area contributed by atoms with E-state index in [2.05, 4.69) is 94.1 Å². The monoisotopic (exact) mass is 693 g/mol. The van der Waals surface area contributed by atoms with Crippen LogP contribution in [0.5, 0.6) is 5.75 Å². The summed E-state index contributed by atoms with van der Waals surface area (Å²) in [4.78, 5) is 29.0. The van der Waals surface area contributed by atoms with Gasteiger partial charge in [-0.2, -0.15) is 0 Å². The van der Waals surface area contributed by atoms with E-state index in [1.165, 1.54) is 16.7 Å². The molecule has 0 aliphatic rings. The van der Waals surface area contributed by atoms with Crippen molar-refractivity contribution in [3.8, 4) is 5.75 Å². The number of nitrogens with zero attached hydrogens (tertiary/aromatic N) is 2. The van der Waals surface area contributed by atoms with Crippen LogP contribution in [0.3, 0.4) is 0 Å². The van der Waals surface area contributed by atoms with Gasteiger partial charge in [0.2, 0.25) is 0 Å². The lowest BCUT2D eigenvalue weighted by molar-refractivity contribution is 0.00117. The van der Waals surface area contributed by atoms with Crippen LogP contribution in [0.4, 0.5) is 9.59 Å². The van der Waals surface area contributed by atoms with Gasteiger partial charge in [0.1, 0.15) is 23.6 Å². The molecule has 280 valence electrons. The van der Waals surface area contributed by atoms with Gasteiger partial charge in [0.15, 0.2) is 0 Å². The van der Waals surface area contributed by atoms with Gasteiger partial charge in [0, 0.05) is 18.6 Å². The molecule has 0 aromatic heterocycles. The number of carbonyl (C=O) groups excluding carboxylic acids is 2. The SMILES string of the molecule is CC(C)N(CC[C@H](C)c1cc(/C=C/CCCCCCCCN(C(=O)OC(C)(C)C)C(=O)OC(C)(C)C)ccc1OCc1ccccc1)C(C)C. The topological polar surface area (TPSA) is 68.3 Å². The molecule has 1 atom stereocenters. The van der Waals surface area contributed by atoms with Crippen LogP contribution >= 0.6 is 0 Å². The average molecular weight is 693 g/mol. The number of imide groups is 1. The first-order chi connectivity index (χ1) is 23.5. The van der Waals surface area contributed by atoms with E-state index in [0.717, 1.165) is 68.6 Å². The molecule has 2 amide bonds. The number of hydrogen-bond acceptors (Lipinski definition) is 6. The van der Waals surface area contributed by atoms with E-state index >= 15 is 0 Å². The molecule has 0 bridgehead atoms. The van der Waals surface area contributed by atoms with Crippen LogP contribution in [0.2, 0.25) is 0 Å². The van der Waals surface area contributed by atoms with E-state index in [0.29, 0.717) is 24.6 Å². The minimum absolute atomic E-state index is 0.289. The van der Waals surface area contributed by atoms with Crippen molar-refractivity contribution in [2.24, 2.45) is 0 Å². The Bertz CT molecular complexity index is 1270. The summed E-state index contributed by atoms with van der Waals surface area (Å²) >= 11 is 0. The highest BCUT2D eigenvalue weighted by molar-refractivity contribution is 5.88. The predicted octanol–water partition coefficient (Wildman–Crippen LogP) is 11.8. The van der Waals surface area contributed by atoms with E-state index in [1.54, 1.807) is 41.5 Å². The van der Waals surface area contributed by atoms with Crippen molar-refractivity contribution >= 4 is 18.3 Å². The molecular formula is C43H68N2O5. The highest BCUT2D eigenvalue weighted by Crippen LogP contribution is 2.32. The van der Waals surface area contributed by atoms with Gasteiger partial charge in [-0.25, -0.2) is 14.5 Å². The number of amides is 2. The van der Waals surface area contributed by atoms with E-state index in [1.807, 2.05) is 6.07 Å². The summed E-state index contributed by atoms with van der Waals surface area (Å²) in [5.74, 6) is 1.34. The first-order valence-electron chi connectivity index (χ1n) is 18.9. The van der Waals surface area contributed by atoms with Gasteiger partial charge in [-0.1, -0.05) is 81.2 Å². The Morgan fingerprint density at radius 1 is 0.720 bits per heavy atom. The molecule has 0 radical (unpaired) electrons. The van der Waals surface area contributed by atoms with Gasteiger partial charge in [-0.05, 0) is 136 Å². The maximum absolute atomic E-state index is 12.7. The van der Waals surface area contributed by atoms with Crippen LogP contribution in [0.1, 0.15) is 150 Å². The second-order valence-corrected chi connectivity index (χ2v) is 16.1. The zero-order valence-corrected chi connectivity index (χ0v) is 33.2. The van der Waals surface area contributed by atoms with Crippen LogP contribution in [0.25, 0.3) is 6.08 Å². The largest absolute Gasteiger partial charge is 0.489 e. The Morgan fingerprint density at radius 2 is 1.28 bits per heavy atom. The van der Waals surface area contributed by atoms with E-state index in [4.69, 9.17) is 14.2 Å². The van der Waals surface area contributed by atoms with Gasteiger partial charge in [-0.3, -0.25) is 4.90 Å². The maximum atomic E-state index is 12.7. The average Bonchev–Trinajstić information content (AvgIpc) is 3.01. The Kier molecular flexibility index (Phi) is 18.1. The first-order valence-corrected chi connectivity index (χ1v) is 18.9. The van der Waals surface area contributed by atoms with Gasteiger partial charge in [0.05, 0.1) is 0 Å². The molecule has 0 aliphatic carbocycles. The zero-order chi connectivity index (χ0) is 37.3. The van der Waals surface area contributed by atoms with Gasteiger partial charge < -0.3 is 14.2 Å². The van der Waals surface area contributed by atoms with Crippen molar-refractivity contribution in [2.45, 2.75) is 163 Å². The fraction of sp³-hybridized carbons (Fsp3) is 0.628. The van der Waals surface area contributed by atoms with Crippen molar-refractivity contribution in [3.63, 3.8) is 0 Å². The van der Waals surface area contributed by atoms with Crippen molar-refractivity contribution < 1.29 is 23.8 Å². The molecule has 0 N–H and O–H groups in total. The molecule has 0 aliphatic heterocycles. The van der Waals surface area contributed by atoms with Crippen LogP contribution in [0, 0.1) is 0 Å². The summed E-state index contributed by atoms with van der Waals surface area (Å²) in [6, 6.07) is 18.0. The normalized spacial score (nSPS) is 12.9. The van der Waals surface area contributed by atoms with Crippen molar-refractivity contribution in [1.29, 1.82) is 0 Å². The number of rotatable bonds is 19. The number of hydrogen-bond donors (Lipinski definition) is 0. The first kappa shape index (κ1) is 42.8. The minimum Gasteiger partial charge on any atom is -0.489 e. The molecule has 0 saturated heterocycles. The van der Waals surface area contributed by atoms with Gasteiger partial charge in [0.25, 0.3) is 0 Å². The molecule has 0 fully saturated rings. The molecule has 7 heteroatoms. The van der Waals surface area contributed by atoms with Gasteiger partial charge >= 0.3 is 12.2 Å². The highest BCUT2D eigenvalue weighted by Gasteiger charge is 2.30. The van der Waals surface area contributed by atoms with E-state index in [-0.39, 0.29) is 6.54 Å². The van der Waals surface area contributed by atoms with Gasteiger partial charge in [-0.15, -0.1) is 0 Å². The lowest BCUT2D eigenvalue weighted by Crippen LogP contribution is -2.44.